The Morgan fingerprint density at radius 1 is 1.45 bits per heavy atom. The Hall–Kier alpha value is -1.36. The number of halogens is 1. The molecule has 0 fully saturated rings. The normalized spacial score (nSPS) is 20.5. The number of thiophene rings is 1. The molecule has 2 N–H and O–H groups in total. The number of nitrogens with one attached hydrogen (secondary N) is 2. The van der Waals surface area contributed by atoms with Gasteiger partial charge in [-0.1, -0.05) is 17.7 Å². The summed E-state index contributed by atoms with van der Waals surface area (Å²) < 4.78 is 0. The first-order valence-corrected chi connectivity index (χ1v) is 8.77. The van der Waals surface area contributed by atoms with Gasteiger partial charge < -0.3 is 10.2 Å². The minimum Gasteiger partial charge on any atom is -0.321 e. The molecule has 0 saturated heterocycles. The Labute approximate surface area is 139 Å². The number of carbonyl (C=O) groups is 1. The van der Waals surface area contributed by atoms with Crippen molar-refractivity contribution in [3.05, 3.63) is 50.7 Å². The Kier molecular flexibility index (Phi) is 4.52. The van der Waals surface area contributed by atoms with Crippen LogP contribution in [0.5, 0.6) is 0 Å². The van der Waals surface area contributed by atoms with Crippen molar-refractivity contribution in [3.63, 3.8) is 0 Å². The standard InChI is InChI=1S/C17H19ClN2OS/c1-11-3-4-15(14(18)9-11)19-17(21)10-20-7-5-16-13(12(20)2)6-8-22-16/h3-4,6,8-9,12H,5,7,10H2,1-2H3,(H,19,21)/p+1/t12-/m1/s1. The Bertz CT molecular complexity index is 698. The number of carbonyl (C=O) groups excluding carboxylic acids is 1. The van der Waals surface area contributed by atoms with E-state index in [4.69, 9.17) is 11.6 Å². The van der Waals surface area contributed by atoms with E-state index < -0.39 is 0 Å². The summed E-state index contributed by atoms with van der Waals surface area (Å²) in [6.07, 6.45) is 1.06. The fourth-order valence-electron chi connectivity index (χ4n) is 3.01. The molecule has 2 aromatic rings. The average molecular weight is 336 g/mol. The minimum absolute atomic E-state index is 0.0197. The molecule has 116 valence electrons. The zero-order chi connectivity index (χ0) is 15.7. The Morgan fingerprint density at radius 3 is 3.05 bits per heavy atom. The number of hydrogen-bond acceptors (Lipinski definition) is 2. The van der Waals surface area contributed by atoms with Gasteiger partial charge in [-0.15, -0.1) is 11.3 Å². The molecule has 1 unspecified atom stereocenters. The van der Waals surface area contributed by atoms with Crippen LogP contribution in [-0.4, -0.2) is 19.0 Å². The van der Waals surface area contributed by atoms with Crippen molar-refractivity contribution >= 4 is 34.5 Å². The zero-order valence-corrected chi connectivity index (χ0v) is 14.4. The lowest BCUT2D eigenvalue weighted by Gasteiger charge is -2.29. The third kappa shape index (κ3) is 3.19. The topological polar surface area (TPSA) is 33.5 Å². The van der Waals surface area contributed by atoms with Crippen molar-refractivity contribution < 1.29 is 9.69 Å². The molecule has 0 radical (unpaired) electrons. The van der Waals surface area contributed by atoms with E-state index in [0.717, 1.165) is 18.5 Å². The second-order valence-corrected chi connectivity index (χ2v) is 7.30. The summed E-state index contributed by atoms with van der Waals surface area (Å²) >= 11 is 8.00. The highest BCUT2D eigenvalue weighted by molar-refractivity contribution is 7.10. The lowest BCUT2D eigenvalue weighted by Crippen LogP contribution is -3.14. The van der Waals surface area contributed by atoms with Crippen LogP contribution in [0.2, 0.25) is 5.02 Å². The molecule has 1 aromatic heterocycles. The summed E-state index contributed by atoms with van der Waals surface area (Å²) in [6, 6.07) is 8.25. The quantitative estimate of drug-likeness (QED) is 0.888. The van der Waals surface area contributed by atoms with Gasteiger partial charge in [0.25, 0.3) is 5.91 Å². The van der Waals surface area contributed by atoms with Gasteiger partial charge >= 0.3 is 0 Å². The molecule has 0 spiro atoms. The third-order valence-electron chi connectivity index (χ3n) is 4.32. The van der Waals surface area contributed by atoms with Gasteiger partial charge in [-0.25, -0.2) is 0 Å². The molecule has 1 aromatic carbocycles. The van der Waals surface area contributed by atoms with E-state index >= 15 is 0 Å². The van der Waals surface area contributed by atoms with Crippen molar-refractivity contribution in [1.29, 1.82) is 0 Å². The first-order valence-electron chi connectivity index (χ1n) is 7.51. The lowest BCUT2D eigenvalue weighted by atomic mass is 10.0. The van der Waals surface area contributed by atoms with Crippen molar-refractivity contribution in [3.8, 4) is 0 Å². The second kappa shape index (κ2) is 6.41. The van der Waals surface area contributed by atoms with Crippen LogP contribution in [0.1, 0.15) is 29.0 Å². The van der Waals surface area contributed by atoms with E-state index in [0.29, 0.717) is 23.3 Å². The highest BCUT2D eigenvalue weighted by Crippen LogP contribution is 2.25. The van der Waals surface area contributed by atoms with Crippen molar-refractivity contribution in [2.24, 2.45) is 0 Å². The molecular weight excluding hydrogens is 316 g/mol. The molecule has 3 rings (SSSR count). The number of anilines is 1. The summed E-state index contributed by atoms with van der Waals surface area (Å²) in [7, 11) is 0. The fourth-order valence-corrected chi connectivity index (χ4v) is 4.28. The van der Waals surface area contributed by atoms with E-state index in [1.54, 1.807) is 0 Å². The zero-order valence-electron chi connectivity index (χ0n) is 12.8. The number of aryl methyl sites for hydroxylation is 1. The van der Waals surface area contributed by atoms with Crippen LogP contribution in [0.4, 0.5) is 5.69 Å². The highest BCUT2D eigenvalue weighted by atomic mass is 35.5. The molecule has 22 heavy (non-hydrogen) atoms. The minimum atomic E-state index is 0.0197. The van der Waals surface area contributed by atoms with Gasteiger partial charge in [0, 0.05) is 16.9 Å². The summed E-state index contributed by atoms with van der Waals surface area (Å²) in [5.74, 6) is 0.0197. The molecule has 0 bridgehead atoms. The number of amides is 1. The van der Waals surface area contributed by atoms with Crippen LogP contribution in [-0.2, 0) is 11.2 Å². The summed E-state index contributed by atoms with van der Waals surface area (Å²) in [5, 5.41) is 5.68. The van der Waals surface area contributed by atoms with Crippen LogP contribution in [0, 0.1) is 6.92 Å². The molecular formula is C17H20ClN2OS+. The summed E-state index contributed by atoms with van der Waals surface area (Å²) in [4.78, 5) is 15.1. The number of fused-ring (bicyclic) bond motifs is 1. The van der Waals surface area contributed by atoms with Crippen LogP contribution in [0.25, 0.3) is 0 Å². The average Bonchev–Trinajstić information content (AvgIpc) is 2.94. The summed E-state index contributed by atoms with van der Waals surface area (Å²) in [6.45, 7) is 5.66. The third-order valence-corrected chi connectivity index (χ3v) is 5.63. The predicted octanol–water partition coefficient (Wildman–Crippen LogP) is 2.85. The first-order chi connectivity index (χ1) is 10.5. The van der Waals surface area contributed by atoms with Gasteiger partial charge in [0.05, 0.1) is 17.3 Å². The van der Waals surface area contributed by atoms with Crippen LogP contribution >= 0.6 is 22.9 Å². The van der Waals surface area contributed by atoms with E-state index in [-0.39, 0.29) is 5.91 Å². The number of rotatable bonds is 3. The smallest absolute Gasteiger partial charge is 0.279 e. The Balaban J connectivity index is 1.65. The van der Waals surface area contributed by atoms with Gasteiger partial charge in [-0.2, -0.15) is 0 Å². The first kappa shape index (κ1) is 15.5. The molecule has 5 heteroatoms. The largest absolute Gasteiger partial charge is 0.321 e. The van der Waals surface area contributed by atoms with Crippen LogP contribution < -0.4 is 10.2 Å². The maximum Gasteiger partial charge on any atom is 0.279 e. The number of hydrogen-bond donors (Lipinski definition) is 2. The molecule has 0 saturated carbocycles. The molecule has 1 aliphatic rings. The Morgan fingerprint density at radius 2 is 2.27 bits per heavy atom. The molecule has 1 aliphatic heterocycles. The lowest BCUT2D eigenvalue weighted by molar-refractivity contribution is -0.923. The molecule has 1 amide bonds. The summed E-state index contributed by atoms with van der Waals surface area (Å²) in [5.41, 5.74) is 3.17. The molecule has 2 heterocycles. The molecule has 2 atom stereocenters. The van der Waals surface area contributed by atoms with Gasteiger partial charge in [-0.05, 0) is 43.0 Å². The fraction of sp³-hybridized carbons (Fsp3) is 0.353. The van der Waals surface area contributed by atoms with E-state index in [1.165, 1.54) is 15.3 Å². The number of quaternary nitrogens is 1. The van der Waals surface area contributed by atoms with Crippen molar-refractivity contribution in [2.75, 3.05) is 18.4 Å². The van der Waals surface area contributed by atoms with Gasteiger partial charge in [0.2, 0.25) is 0 Å². The monoisotopic (exact) mass is 335 g/mol. The molecule has 3 nitrogen and oxygen atoms in total. The van der Waals surface area contributed by atoms with E-state index in [9.17, 15) is 4.79 Å². The van der Waals surface area contributed by atoms with Crippen molar-refractivity contribution in [1.82, 2.24) is 0 Å². The number of benzene rings is 1. The second-order valence-electron chi connectivity index (χ2n) is 5.89. The van der Waals surface area contributed by atoms with Crippen LogP contribution in [0.3, 0.4) is 0 Å². The predicted molar refractivity (Wildman–Crippen MR) is 92.0 cm³/mol. The van der Waals surface area contributed by atoms with Gasteiger partial charge in [0.1, 0.15) is 6.04 Å². The maximum absolute atomic E-state index is 12.3. The highest BCUT2D eigenvalue weighted by Gasteiger charge is 2.29. The van der Waals surface area contributed by atoms with Gasteiger partial charge in [-0.3, -0.25) is 4.79 Å². The van der Waals surface area contributed by atoms with Gasteiger partial charge in [0.15, 0.2) is 6.54 Å². The van der Waals surface area contributed by atoms with E-state index in [1.807, 2.05) is 36.5 Å². The van der Waals surface area contributed by atoms with Crippen molar-refractivity contribution in [2.45, 2.75) is 26.3 Å². The van der Waals surface area contributed by atoms with Crippen LogP contribution in [0.15, 0.2) is 29.6 Å². The molecule has 0 aliphatic carbocycles. The van der Waals surface area contributed by atoms with E-state index in [2.05, 4.69) is 23.7 Å². The maximum atomic E-state index is 12.3. The SMILES string of the molecule is Cc1ccc(NC(=O)C[NH+]2CCc3sccc3[C@H]2C)c(Cl)c1.